The fraction of sp³-hybridized carbons (Fsp3) is 0.429. The minimum Gasteiger partial charge on any atom is -0.494 e. The average Bonchev–Trinajstić information content (AvgIpc) is 2.42. The zero-order valence-electron chi connectivity index (χ0n) is 11.9. The van der Waals surface area contributed by atoms with Crippen molar-refractivity contribution in [2.24, 2.45) is 0 Å². The summed E-state index contributed by atoms with van der Waals surface area (Å²) in [4.78, 5) is 23.5. The SMILES string of the molecule is CN(CCCOc1ccccc1)CC(=O)NCC(=O)O.Cl. The first-order valence-corrected chi connectivity index (χ1v) is 6.43. The summed E-state index contributed by atoms with van der Waals surface area (Å²) in [5.41, 5.74) is 0. The maximum absolute atomic E-state index is 11.4. The molecule has 2 N–H and O–H groups in total. The number of carboxylic acids is 1. The number of nitrogens with zero attached hydrogens (tertiary/aromatic N) is 1. The van der Waals surface area contributed by atoms with E-state index in [1.165, 1.54) is 0 Å². The van der Waals surface area contributed by atoms with Crippen molar-refractivity contribution in [1.29, 1.82) is 0 Å². The number of ether oxygens (including phenoxy) is 1. The van der Waals surface area contributed by atoms with Gasteiger partial charge in [-0.3, -0.25) is 14.5 Å². The highest BCUT2D eigenvalue weighted by molar-refractivity contribution is 5.85. The molecule has 0 heterocycles. The van der Waals surface area contributed by atoms with Crippen LogP contribution in [0.5, 0.6) is 5.75 Å². The molecule has 0 unspecified atom stereocenters. The summed E-state index contributed by atoms with van der Waals surface area (Å²) in [7, 11) is 1.81. The average molecular weight is 317 g/mol. The molecule has 0 fully saturated rings. The van der Waals surface area contributed by atoms with Gasteiger partial charge in [-0.2, -0.15) is 0 Å². The highest BCUT2D eigenvalue weighted by Gasteiger charge is 2.07. The number of aliphatic carboxylic acids is 1. The van der Waals surface area contributed by atoms with E-state index in [0.717, 1.165) is 12.2 Å². The fourth-order valence-corrected chi connectivity index (χ4v) is 1.60. The van der Waals surface area contributed by atoms with E-state index < -0.39 is 5.97 Å². The molecule has 1 rings (SSSR count). The standard InChI is InChI=1S/C14H20N2O4.ClH/c1-16(11-13(17)15-10-14(18)19)8-5-9-20-12-6-3-2-4-7-12;/h2-4,6-7H,5,8-11H2,1H3,(H,15,17)(H,18,19);1H. The number of amides is 1. The van der Waals surface area contributed by atoms with E-state index in [2.05, 4.69) is 5.32 Å². The van der Waals surface area contributed by atoms with Crippen molar-refractivity contribution < 1.29 is 19.4 Å². The van der Waals surface area contributed by atoms with Gasteiger partial charge in [0.05, 0.1) is 13.2 Å². The number of nitrogens with one attached hydrogen (secondary N) is 1. The summed E-state index contributed by atoms with van der Waals surface area (Å²) in [6, 6.07) is 9.53. The minimum atomic E-state index is -1.04. The molecule has 1 aromatic rings. The number of halogens is 1. The normalized spacial score (nSPS) is 9.81. The van der Waals surface area contributed by atoms with Crippen LogP contribution in [0.15, 0.2) is 30.3 Å². The highest BCUT2D eigenvalue weighted by Crippen LogP contribution is 2.08. The summed E-state index contributed by atoms with van der Waals surface area (Å²) in [6.07, 6.45) is 0.789. The smallest absolute Gasteiger partial charge is 0.322 e. The van der Waals surface area contributed by atoms with Crippen LogP contribution in [-0.4, -0.2) is 55.2 Å². The third-order valence-electron chi connectivity index (χ3n) is 2.55. The van der Waals surface area contributed by atoms with Crippen LogP contribution in [0.2, 0.25) is 0 Å². The van der Waals surface area contributed by atoms with E-state index in [9.17, 15) is 9.59 Å². The van der Waals surface area contributed by atoms with E-state index in [0.29, 0.717) is 13.2 Å². The Morgan fingerprint density at radius 3 is 2.57 bits per heavy atom. The number of carbonyl (C=O) groups excluding carboxylic acids is 1. The van der Waals surface area contributed by atoms with Gasteiger partial charge in [0.2, 0.25) is 5.91 Å². The van der Waals surface area contributed by atoms with Gasteiger partial charge in [-0.1, -0.05) is 18.2 Å². The summed E-state index contributed by atoms with van der Waals surface area (Å²) in [6.45, 7) is 1.11. The Morgan fingerprint density at radius 1 is 1.29 bits per heavy atom. The largest absolute Gasteiger partial charge is 0.494 e. The molecule has 0 radical (unpaired) electrons. The predicted octanol–water partition coefficient (Wildman–Crippen LogP) is 1.01. The number of benzene rings is 1. The predicted molar refractivity (Wildman–Crippen MR) is 81.9 cm³/mol. The highest BCUT2D eigenvalue weighted by atomic mass is 35.5. The van der Waals surface area contributed by atoms with Crippen molar-refractivity contribution in [2.75, 3.05) is 33.3 Å². The van der Waals surface area contributed by atoms with Gasteiger partial charge in [0.25, 0.3) is 0 Å². The number of para-hydroxylation sites is 1. The Morgan fingerprint density at radius 2 is 1.95 bits per heavy atom. The molecular formula is C14H21ClN2O4. The zero-order chi connectivity index (χ0) is 14.8. The van der Waals surface area contributed by atoms with Gasteiger partial charge >= 0.3 is 5.97 Å². The molecule has 0 aliphatic carbocycles. The van der Waals surface area contributed by atoms with Crippen molar-refractivity contribution in [3.05, 3.63) is 30.3 Å². The minimum absolute atomic E-state index is 0. The first kappa shape index (κ1) is 19.2. The molecule has 0 bridgehead atoms. The molecule has 1 amide bonds. The van der Waals surface area contributed by atoms with Gasteiger partial charge < -0.3 is 15.2 Å². The lowest BCUT2D eigenvalue weighted by Crippen LogP contribution is -2.38. The quantitative estimate of drug-likeness (QED) is 0.665. The lowest BCUT2D eigenvalue weighted by atomic mass is 10.3. The Balaban J connectivity index is 0.00000400. The van der Waals surface area contributed by atoms with Gasteiger partial charge in [-0.15, -0.1) is 12.4 Å². The number of rotatable bonds is 9. The Kier molecular flexibility index (Phi) is 10.0. The first-order valence-electron chi connectivity index (χ1n) is 6.43. The molecule has 0 aliphatic heterocycles. The van der Waals surface area contributed by atoms with Crippen LogP contribution in [0.3, 0.4) is 0 Å². The zero-order valence-corrected chi connectivity index (χ0v) is 12.8. The fourth-order valence-electron chi connectivity index (χ4n) is 1.60. The molecule has 0 aliphatic rings. The summed E-state index contributed by atoms with van der Waals surface area (Å²) in [5, 5.41) is 10.8. The monoisotopic (exact) mass is 316 g/mol. The van der Waals surface area contributed by atoms with Crippen LogP contribution in [0.25, 0.3) is 0 Å². The van der Waals surface area contributed by atoms with Gasteiger partial charge in [-0.25, -0.2) is 0 Å². The third kappa shape index (κ3) is 9.70. The van der Waals surface area contributed by atoms with Crippen LogP contribution in [-0.2, 0) is 9.59 Å². The van der Waals surface area contributed by atoms with E-state index in [1.54, 1.807) is 0 Å². The molecule has 0 saturated carbocycles. The first-order chi connectivity index (χ1) is 9.58. The Labute approximate surface area is 130 Å². The second-order valence-corrected chi connectivity index (χ2v) is 4.42. The number of carboxylic acid groups (broad SMARTS) is 1. The second-order valence-electron chi connectivity index (χ2n) is 4.42. The molecule has 1 aromatic carbocycles. The van der Waals surface area contributed by atoms with Crippen molar-refractivity contribution >= 4 is 24.3 Å². The topological polar surface area (TPSA) is 78.9 Å². The molecule has 6 nitrogen and oxygen atoms in total. The summed E-state index contributed by atoms with van der Waals surface area (Å²) < 4.78 is 5.54. The maximum Gasteiger partial charge on any atom is 0.322 e. The maximum atomic E-state index is 11.4. The molecule has 0 spiro atoms. The van der Waals surface area contributed by atoms with Crippen molar-refractivity contribution in [2.45, 2.75) is 6.42 Å². The number of likely N-dealkylation sites (N-methyl/N-ethyl adjacent to an activating group) is 1. The van der Waals surface area contributed by atoms with E-state index >= 15 is 0 Å². The Hall–Kier alpha value is -1.79. The van der Waals surface area contributed by atoms with Gasteiger partial charge in [0, 0.05) is 6.54 Å². The van der Waals surface area contributed by atoms with Crippen molar-refractivity contribution in [1.82, 2.24) is 10.2 Å². The number of hydrogen-bond donors (Lipinski definition) is 2. The number of carbonyl (C=O) groups is 2. The summed E-state index contributed by atoms with van der Waals surface area (Å²) >= 11 is 0. The van der Waals surface area contributed by atoms with Crippen molar-refractivity contribution in [3.63, 3.8) is 0 Å². The Bertz CT molecular complexity index is 428. The van der Waals surface area contributed by atoms with E-state index in [1.807, 2.05) is 42.3 Å². The number of hydrogen-bond acceptors (Lipinski definition) is 4. The van der Waals surface area contributed by atoms with Gasteiger partial charge in [0.1, 0.15) is 12.3 Å². The molecule has 118 valence electrons. The van der Waals surface area contributed by atoms with Gasteiger partial charge in [-0.05, 0) is 25.6 Å². The molecule has 7 heteroatoms. The van der Waals surface area contributed by atoms with Crippen LogP contribution in [0.4, 0.5) is 0 Å². The van der Waals surface area contributed by atoms with Crippen LogP contribution < -0.4 is 10.1 Å². The van der Waals surface area contributed by atoms with Crippen molar-refractivity contribution in [3.8, 4) is 5.75 Å². The summed E-state index contributed by atoms with van der Waals surface area (Å²) in [5.74, 6) is -0.509. The van der Waals surface area contributed by atoms with Gasteiger partial charge in [0.15, 0.2) is 0 Å². The van der Waals surface area contributed by atoms with E-state index in [-0.39, 0.29) is 31.4 Å². The van der Waals surface area contributed by atoms with Crippen LogP contribution in [0, 0.1) is 0 Å². The van der Waals surface area contributed by atoms with Crippen LogP contribution >= 0.6 is 12.4 Å². The lowest BCUT2D eigenvalue weighted by Gasteiger charge is -2.16. The molecule has 0 saturated heterocycles. The molecular weight excluding hydrogens is 296 g/mol. The second kappa shape index (κ2) is 10.9. The third-order valence-corrected chi connectivity index (χ3v) is 2.55. The van der Waals surface area contributed by atoms with E-state index in [4.69, 9.17) is 9.84 Å². The van der Waals surface area contributed by atoms with Crippen LogP contribution in [0.1, 0.15) is 6.42 Å². The lowest BCUT2D eigenvalue weighted by molar-refractivity contribution is -0.138. The molecule has 0 atom stereocenters. The molecule has 21 heavy (non-hydrogen) atoms. The molecule has 0 aromatic heterocycles.